The highest BCUT2D eigenvalue weighted by Crippen LogP contribution is 2.51. The number of benzene rings is 2. The van der Waals surface area contributed by atoms with Crippen LogP contribution >= 0.6 is 22.6 Å². The molecule has 0 amide bonds. The molecule has 1 atom stereocenters. The molecular weight excluding hydrogens is 522 g/mol. The van der Waals surface area contributed by atoms with Crippen LogP contribution in [0.5, 0.6) is 5.75 Å². The molecule has 3 aromatic rings. The number of hydrogen-bond donors (Lipinski definition) is 0. The molecule has 162 valence electrons. The van der Waals surface area contributed by atoms with Crippen molar-refractivity contribution < 1.29 is 18.3 Å². The number of ether oxygens (including phenoxy) is 1. The number of allylic oxidation sites excluding steroid dienone is 2. The normalized spacial score (nSPS) is 19.2. The van der Waals surface area contributed by atoms with Gasteiger partial charge in [-0.15, -0.1) is 0 Å². The van der Waals surface area contributed by atoms with Crippen molar-refractivity contribution in [2.45, 2.75) is 32.6 Å². The molecule has 2 aromatic carbocycles. The summed E-state index contributed by atoms with van der Waals surface area (Å²) in [4.78, 5) is 26.6. The first kappa shape index (κ1) is 21.1. The lowest BCUT2D eigenvalue weighted by Gasteiger charge is -2.38. The lowest BCUT2D eigenvalue weighted by molar-refractivity contribution is -0.118. The molecule has 2 aliphatic rings. The Hall–Kier alpha value is -2.74. The van der Waals surface area contributed by atoms with Crippen LogP contribution in [-0.2, 0) is 4.79 Å². The molecule has 0 fully saturated rings. The molecule has 6 heteroatoms. The first-order valence-corrected chi connectivity index (χ1v) is 11.4. The first-order valence-electron chi connectivity index (χ1n) is 10.4. The molecule has 32 heavy (non-hydrogen) atoms. The summed E-state index contributed by atoms with van der Waals surface area (Å²) < 4.78 is 26.4. The number of ketones is 1. The highest BCUT2D eigenvalue weighted by molar-refractivity contribution is 14.1. The average Bonchev–Trinajstić information content (AvgIpc) is 2.75. The number of halogens is 2. The van der Waals surface area contributed by atoms with Gasteiger partial charge in [-0.1, -0.05) is 56.3 Å². The van der Waals surface area contributed by atoms with Crippen LogP contribution in [0.2, 0.25) is 0 Å². The van der Waals surface area contributed by atoms with Gasteiger partial charge in [-0.25, -0.2) is 9.18 Å². The molecular formula is C26H20FIO4. The van der Waals surface area contributed by atoms with E-state index in [1.165, 1.54) is 12.1 Å². The molecule has 1 aliphatic heterocycles. The molecule has 2 heterocycles. The number of fused-ring (bicyclic) bond motifs is 1. The van der Waals surface area contributed by atoms with Crippen molar-refractivity contribution in [1.29, 1.82) is 0 Å². The molecule has 4 nitrogen and oxygen atoms in total. The number of rotatable bonds is 2. The van der Waals surface area contributed by atoms with Crippen LogP contribution in [0.25, 0.3) is 11.3 Å². The highest BCUT2D eigenvalue weighted by atomic mass is 127. The Labute approximate surface area is 198 Å². The molecule has 0 radical (unpaired) electrons. The number of Topliss-reactive ketones (excluding diaryl/α,β-unsaturated/α-hetero) is 1. The summed E-state index contributed by atoms with van der Waals surface area (Å²) in [6.45, 7) is 4.06. The van der Waals surface area contributed by atoms with E-state index in [0.717, 1.165) is 5.56 Å². The van der Waals surface area contributed by atoms with Gasteiger partial charge in [0.1, 0.15) is 11.6 Å². The zero-order valence-corrected chi connectivity index (χ0v) is 19.7. The van der Waals surface area contributed by atoms with Gasteiger partial charge in [0.2, 0.25) is 0 Å². The lowest BCUT2D eigenvalue weighted by Crippen LogP contribution is -2.35. The third kappa shape index (κ3) is 3.50. The Morgan fingerprint density at radius 3 is 2.38 bits per heavy atom. The van der Waals surface area contributed by atoms with Crippen molar-refractivity contribution in [3.8, 4) is 17.1 Å². The SMILES string of the molecule is CC1(C)CC(=O)C2=C(C1)Oc1c(I)c(-c3ccccc3)oc(=O)c1C2c1ccc(F)cc1. The number of carbonyl (C=O) groups excluding carboxylic acids is 1. The van der Waals surface area contributed by atoms with Gasteiger partial charge in [0.05, 0.1) is 15.1 Å². The highest BCUT2D eigenvalue weighted by Gasteiger charge is 2.44. The quantitative estimate of drug-likeness (QED) is 0.361. The lowest BCUT2D eigenvalue weighted by atomic mass is 9.70. The fourth-order valence-corrected chi connectivity index (χ4v) is 5.40. The second kappa shape index (κ2) is 7.69. The van der Waals surface area contributed by atoms with Crippen molar-refractivity contribution in [1.82, 2.24) is 0 Å². The third-order valence-electron chi connectivity index (χ3n) is 5.98. The second-order valence-corrected chi connectivity index (χ2v) is 10.1. The second-order valence-electron chi connectivity index (χ2n) is 9.01. The van der Waals surface area contributed by atoms with Crippen LogP contribution in [0.1, 0.15) is 43.7 Å². The zero-order chi connectivity index (χ0) is 22.6. The maximum absolute atomic E-state index is 13.7. The first-order chi connectivity index (χ1) is 15.2. The van der Waals surface area contributed by atoms with Crippen LogP contribution in [-0.4, -0.2) is 5.78 Å². The van der Waals surface area contributed by atoms with E-state index >= 15 is 0 Å². The van der Waals surface area contributed by atoms with Crippen LogP contribution < -0.4 is 10.4 Å². The van der Waals surface area contributed by atoms with E-state index in [-0.39, 0.29) is 22.6 Å². The molecule has 0 N–H and O–H groups in total. The van der Waals surface area contributed by atoms with Crippen molar-refractivity contribution >= 4 is 28.4 Å². The van der Waals surface area contributed by atoms with E-state index in [2.05, 4.69) is 22.6 Å². The number of hydrogen-bond acceptors (Lipinski definition) is 4. The average molecular weight is 542 g/mol. The van der Waals surface area contributed by atoms with Gasteiger partial charge in [0.15, 0.2) is 17.3 Å². The number of carbonyl (C=O) groups is 1. The van der Waals surface area contributed by atoms with Crippen LogP contribution in [0.4, 0.5) is 4.39 Å². The van der Waals surface area contributed by atoms with E-state index in [1.54, 1.807) is 12.1 Å². The predicted octanol–water partition coefficient (Wildman–Crippen LogP) is 6.22. The standard InChI is InChI=1S/C26H20FIO4/c1-26(2)12-17(29)20-18(13-26)31-24-21(19(20)14-8-10-16(27)11-9-14)25(30)32-23(22(24)28)15-6-4-3-5-7-15/h3-11,19H,12-13H2,1-2H3. The molecule has 1 aromatic heterocycles. The fourth-order valence-electron chi connectivity index (χ4n) is 4.58. The van der Waals surface area contributed by atoms with E-state index < -0.39 is 11.5 Å². The van der Waals surface area contributed by atoms with Crippen molar-refractivity contribution in [2.24, 2.45) is 5.41 Å². The van der Waals surface area contributed by atoms with Gasteiger partial charge in [0.25, 0.3) is 0 Å². The molecule has 1 aliphatic carbocycles. The zero-order valence-electron chi connectivity index (χ0n) is 17.6. The van der Waals surface area contributed by atoms with Crippen LogP contribution in [0, 0.1) is 14.8 Å². The minimum Gasteiger partial charge on any atom is -0.459 e. The summed E-state index contributed by atoms with van der Waals surface area (Å²) in [6, 6.07) is 15.3. The summed E-state index contributed by atoms with van der Waals surface area (Å²) in [7, 11) is 0. The summed E-state index contributed by atoms with van der Waals surface area (Å²) in [5.74, 6) is 0.325. The molecule has 0 bridgehead atoms. The molecule has 0 saturated carbocycles. The fraction of sp³-hybridized carbons (Fsp3) is 0.231. The Morgan fingerprint density at radius 1 is 1.00 bits per heavy atom. The maximum atomic E-state index is 13.7. The molecule has 0 spiro atoms. The monoisotopic (exact) mass is 542 g/mol. The molecule has 5 rings (SSSR count). The third-order valence-corrected chi connectivity index (χ3v) is 6.96. The summed E-state index contributed by atoms with van der Waals surface area (Å²) >= 11 is 2.13. The minimum atomic E-state index is -0.660. The van der Waals surface area contributed by atoms with Gasteiger partial charge < -0.3 is 9.15 Å². The predicted molar refractivity (Wildman–Crippen MR) is 127 cm³/mol. The Balaban J connectivity index is 1.78. The van der Waals surface area contributed by atoms with E-state index in [0.29, 0.717) is 44.8 Å². The van der Waals surface area contributed by atoms with Crippen molar-refractivity contribution in [3.05, 3.63) is 96.9 Å². The summed E-state index contributed by atoms with van der Waals surface area (Å²) in [5.41, 5.74) is 1.36. The Morgan fingerprint density at radius 2 is 1.69 bits per heavy atom. The Kier molecular flexibility index (Phi) is 5.08. The topological polar surface area (TPSA) is 56.5 Å². The minimum absolute atomic E-state index is 0.0576. The molecule has 0 saturated heterocycles. The van der Waals surface area contributed by atoms with Crippen LogP contribution in [0.3, 0.4) is 0 Å². The summed E-state index contributed by atoms with van der Waals surface area (Å²) in [6.07, 6.45) is 0.926. The van der Waals surface area contributed by atoms with Crippen molar-refractivity contribution in [2.75, 3.05) is 0 Å². The van der Waals surface area contributed by atoms with Gasteiger partial charge >= 0.3 is 5.63 Å². The van der Waals surface area contributed by atoms with E-state index in [1.807, 2.05) is 44.2 Å². The van der Waals surface area contributed by atoms with E-state index in [4.69, 9.17) is 9.15 Å². The van der Waals surface area contributed by atoms with Crippen LogP contribution in [0.15, 0.2) is 75.1 Å². The van der Waals surface area contributed by atoms with Gasteiger partial charge in [-0.3, -0.25) is 4.79 Å². The largest absolute Gasteiger partial charge is 0.459 e. The summed E-state index contributed by atoms with van der Waals surface area (Å²) in [5, 5.41) is 0. The van der Waals surface area contributed by atoms with Gasteiger partial charge in [-0.05, 0) is 45.7 Å². The van der Waals surface area contributed by atoms with Crippen molar-refractivity contribution in [3.63, 3.8) is 0 Å². The Bertz CT molecular complexity index is 1320. The smallest absolute Gasteiger partial charge is 0.344 e. The molecule has 1 unspecified atom stereocenters. The van der Waals surface area contributed by atoms with E-state index in [9.17, 15) is 14.0 Å². The van der Waals surface area contributed by atoms with Gasteiger partial charge in [0, 0.05) is 24.0 Å². The maximum Gasteiger partial charge on any atom is 0.344 e. The van der Waals surface area contributed by atoms with Gasteiger partial charge in [-0.2, -0.15) is 0 Å².